The van der Waals surface area contributed by atoms with Crippen LogP contribution in [0.25, 0.3) is 33.3 Å². The van der Waals surface area contributed by atoms with Gasteiger partial charge in [-0.2, -0.15) is 10.2 Å². The fraction of sp³-hybridized carbons (Fsp3) is 0.412. The minimum Gasteiger partial charge on any atom is -0.398 e. The van der Waals surface area contributed by atoms with Crippen LogP contribution >= 0.6 is 11.6 Å². The molecule has 4 aromatic rings. The smallest absolute Gasteiger partial charge is 0.142 e. The number of methoxy groups -OCH3 is 1. The molecule has 1 saturated heterocycles. The summed E-state index contributed by atoms with van der Waals surface area (Å²) in [7, 11) is 3.86. The SMILES string of the molecule is C=CC=O.COCCOCCN=Cc1cc(-c2nn(C3CC4(C3)CN(C)C4)c(C)c2-c2c(Cl)c(C)cc3[nH]ncc23)ccc1N. The van der Waals surface area contributed by atoms with E-state index in [-0.39, 0.29) is 0 Å². The number of allylic oxidation sites excluding steroid dienone is 1. The van der Waals surface area contributed by atoms with Gasteiger partial charge in [0.2, 0.25) is 0 Å². The van der Waals surface area contributed by atoms with Crippen LogP contribution in [0.1, 0.15) is 35.7 Å². The van der Waals surface area contributed by atoms with E-state index in [1.165, 1.54) is 19.2 Å². The molecular weight excluding hydrogens is 590 g/mol. The van der Waals surface area contributed by atoms with Crippen molar-refractivity contribution in [2.45, 2.75) is 32.7 Å². The Balaban J connectivity index is 0.000000945. The number of aromatic amines is 1. The molecule has 45 heavy (non-hydrogen) atoms. The number of ether oxygens (including phenoxy) is 2. The molecule has 1 aliphatic carbocycles. The summed E-state index contributed by atoms with van der Waals surface area (Å²) >= 11 is 7.07. The van der Waals surface area contributed by atoms with Gasteiger partial charge in [-0.05, 0) is 69.0 Å². The maximum atomic E-state index is 9.06. The van der Waals surface area contributed by atoms with Crippen LogP contribution in [0.15, 0.2) is 48.1 Å². The Kier molecular flexibility index (Phi) is 10.2. The number of benzene rings is 2. The number of nitrogens with one attached hydrogen (secondary N) is 1. The van der Waals surface area contributed by atoms with Gasteiger partial charge in [0.15, 0.2) is 0 Å². The zero-order chi connectivity index (χ0) is 32.1. The summed E-state index contributed by atoms with van der Waals surface area (Å²) in [6.07, 6.45) is 7.80. The topological polar surface area (TPSA) is 124 Å². The summed E-state index contributed by atoms with van der Waals surface area (Å²) in [5.41, 5.74) is 15.3. The van der Waals surface area contributed by atoms with Crippen molar-refractivity contribution in [2.75, 3.05) is 59.3 Å². The molecule has 0 atom stereocenters. The van der Waals surface area contributed by atoms with Gasteiger partial charge in [0.05, 0.1) is 49.1 Å². The van der Waals surface area contributed by atoms with E-state index in [0.717, 1.165) is 68.0 Å². The summed E-state index contributed by atoms with van der Waals surface area (Å²) in [6, 6.07) is 8.45. The van der Waals surface area contributed by atoms with Gasteiger partial charge in [0.1, 0.15) is 12.0 Å². The van der Waals surface area contributed by atoms with Crippen LogP contribution in [0.3, 0.4) is 0 Å². The molecule has 1 aliphatic heterocycles. The lowest BCUT2D eigenvalue weighted by Gasteiger charge is -2.58. The van der Waals surface area contributed by atoms with Gasteiger partial charge in [-0.1, -0.05) is 24.2 Å². The predicted octanol–water partition coefficient (Wildman–Crippen LogP) is 5.67. The number of likely N-dealkylation sites (tertiary alicyclic amines) is 1. The maximum Gasteiger partial charge on any atom is 0.142 e. The molecule has 2 aromatic carbocycles. The van der Waals surface area contributed by atoms with E-state index in [1.54, 1.807) is 7.11 Å². The van der Waals surface area contributed by atoms with Gasteiger partial charge in [-0.25, -0.2) is 0 Å². The Morgan fingerprint density at radius 2 is 1.96 bits per heavy atom. The number of hydrogen-bond acceptors (Lipinski definition) is 8. The molecular formula is C34H42ClN7O3. The van der Waals surface area contributed by atoms with E-state index >= 15 is 0 Å². The minimum atomic E-state index is 0.368. The van der Waals surface area contributed by atoms with Crippen LogP contribution < -0.4 is 5.73 Å². The monoisotopic (exact) mass is 631 g/mol. The average Bonchev–Trinajstić information content (AvgIpc) is 3.59. The number of nitrogens with zero attached hydrogens (tertiary/aromatic N) is 5. The highest BCUT2D eigenvalue weighted by molar-refractivity contribution is 6.36. The third-order valence-electron chi connectivity index (χ3n) is 8.64. The number of fused-ring (bicyclic) bond motifs is 1. The van der Waals surface area contributed by atoms with Crippen molar-refractivity contribution in [3.05, 3.63) is 65.0 Å². The van der Waals surface area contributed by atoms with E-state index in [1.807, 2.05) is 37.5 Å². The number of H-pyrrole nitrogens is 1. The van der Waals surface area contributed by atoms with Gasteiger partial charge >= 0.3 is 0 Å². The van der Waals surface area contributed by atoms with E-state index in [9.17, 15) is 0 Å². The van der Waals surface area contributed by atoms with Crippen molar-refractivity contribution in [1.82, 2.24) is 24.9 Å². The number of aryl methyl sites for hydroxylation is 1. The Morgan fingerprint density at radius 1 is 1.20 bits per heavy atom. The second-order valence-corrected chi connectivity index (χ2v) is 12.4. The highest BCUT2D eigenvalue weighted by Crippen LogP contribution is 2.55. The zero-order valence-electron chi connectivity index (χ0n) is 26.5. The summed E-state index contributed by atoms with van der Waals surface area (Å²) in [5, 5.41) is 14.5. The number of hydrogen-bond donors (Lipinski definition) is 2. The van der Waals surface area contributed by atoms with E-state index in [2.05, 4.69) is 51.4 Å². The highest BCUT2D eigenvalue weighted by atomic mass is 35.5. The van der Waals surface area contributed by atoms with Crippen molar-refractivity contribution in [1.29, 1.82) is 0 Å². The first-order valence-electron chi connectivity index (χ1n) is 15.1. The number of carbonyl (C=O) groups excluding carboxylic acids is 1. The molecule has 0 bridgehead atoms. The third-order valence-corrected chi connectivity index (χ3v) is 9.13. The Hall–Kier alpha value is -3.83. The van der Waals surface area contributed by atoms with Crippen molar-refractivity contribution in [3.8, 4) is 22.4 Å². The van der Waals surface area contributed by atoms with Gasteiger partial charge < -0.3 is 20.1 Å². The first kappa shape index (κ1) is 32.6. The fourth-order valence-corrected chi connectivity index (χ4v) is 6.90. The Morgan fingerprint density at radius 3 is 2.64 bits per heavy atom. The van der Waals surface area contributed by atoms with Crippen LogP contribution in [0.4, 0.5) is 5.69 Å². The van der Waals surface area contributed by atoms with Crippen LogP contribution in [0.2, 0.25) is 5.02 Å². The van der Waals surface area contributed by atoms with Crippen LogP contribution in [-0.2, 0) is 14.3 Å². The molecule has 2 aromatic heterocycles. The molecule has 0 amide bonds. The number of halogens is 1. The summed E-state index contributed by atoms with van der Waals surface area (Å²) in [5.74, 6) is 0. The summed E-state index contributed by atoms with van der Waals surface area (Å²) < 4.78 is 12.8. The second kappa shape index (κ2) is 14.1. The molecule has 0 unspecified atom stereocenters. The van der Waals surface area contributed by atoms with Crippen LogP contribution in [-0.4, -0.2) is 91.0 Å². The second-order valence-electron chi connectivity index (χ2n) is 12.1. The summed E-state index contributed by atoms with van der Waals surface area (Å²) in [6.45, 7) is 11.8. The molecule has 11 heteroatoms. The lowest BCUT2D eigenvalue weighted by Crippen LogP contribution is -2.60. The van der Waals surface area contributed by atoms with Crippen LogP contribution in [0, 0.1) is 19.3 Å². The fourth-order valence-electron chi connectivity index (χ4n) is 6.65. The zero-order valence-corrected chi connectivity index (χ0v) is 27.2. The third kappa shape index (κ3) is 6.74. The minimum absolute atomic E-state index is 0.368. The first-order valence-corrected chi connectivity index (χ1v) is 15.5. The number of nitrogens with two attached hydrogens (primary N) is 1. The molecule has 2 fully saturated rings. The number of aliphatic imine (C=N–C) groups is 1. The highest BCUT2D eigenvalue weighted by Gasteiger charge is 2.52. The van der Waals surface area contributed by atoms with Crippen molar-refractivity contribution in [3.63, 3.8) is 0 Å². The number of nitrogen functional groups attached to an aromatic ring is 1. The number of aromatic nitrogens is 4. The van der Waals surface area contributed by atoms with E-state index in [0.29, 0.717) is 49.8 Å². The number of carbonyl (C=O) groups is 1. The first-order chi connectivity index (χ1) is 21.7. The lowest BCUT2D eigenvalue weighted by atomic mass is 9.61. The Bertz CT molecular complexity index is 1690. The lowest BCUT2D eigenvalue weighted by molar-refractivity contribution is -0.104. The molecule has 3 heterocycles. The van der Waals surface area contributed by atoms with Gasteiger partial charge in [-0.3, -0.25) is 19.6 Å². The van der Waals surface area contributed by atoms with Crippen molar-refractivity contribution in [2.24, 2.45) is 10.4 Å². The number of rotatable bonds is 11. The van der Waals surface area contributed by atoms with E-state index in [4.69, 9.17) is 36.7 Å². The average molecular weight is 632 g/mol. The standard InChI is InChI=1S/C31H38ClN7O2.C3H4O/c1-19-11-26-24(16-35-36-26)28(29(19)32)27-20(2)39(23-13-31(14-23)17-38(3)18-31)37-30(27)21-5-6-25(33)22(12-21)15-34-7-8-41-10-9-40-4;1-2-3-4/h5-6,11-12,15-16,23H,7-10,13-14,17-18,33H2,1-4H3,(H,35,36);2-3H,1H2. The van der Waals surface area contributed by atoms with Crippen LogP contribution in [0.5, 0.6) is 0 Å². The van der Waals surface area contributed by atoms with E-state index < -0.39 is 0 Å². The quantitative estimate of drug-likeness (QED) is 0.0719. The molecule has 238 valence electrons. The number of aldehydes is 1. The number of anilines is 1. The molecule has 2 aliphatic rings. The largest absolute Gasteiger partial charge is 0.398 e. The maximum absolute atomic E-state index is 9.06. The summed E-state index contributed by atoms with van der Waals surface area (Å²) in [4.78, 5) is 16.0. The molecule has 1 saturated carbocycles. The van der Waals surface area contributed by atoms with Crippen molar-refractivity contribution >= 4 is 40.7 Å². The molecule has 1 spiro atoms. The van der Waals surface area contributed by atoms with Gasteiger partial charge in [-0.15, -0.1) is 0 Å². The van der Waals surface area contributed by atoms with Crippen molar-refractivity contribution < 1.29 is 14.3 Å². The molecule has 0 radical (unpaired) electrons. The van der Waals surface area contributed by atoms with Gasteiger partial charge in [0.25, 0.3) is 0 Å². The molecule has 6 rings (SSSR count). The Labute approximate surface area is 269 Å². The van der Waals surface area contributed by atoms with Gasteiger partial charge in [0, 0.05) is 65.4 Å². The molecule has 10 nitrogen and oxygen atoms in total. The molecule has 3 N–H and O–H groups in total. The normalized spacial score (nSPS) is 16.0. The predicted molar refractivity (Wildman–Crippen MR) is 181 cm³/mol.